The summed E-state index contributed by atoms with van der Waals surface area (Å²) >= 11 is 0. The lowest BCUT2D eigenvalue weighted by atomic mass is 10.1. The molecule has 150 valence electrons. The Balaban J connectivity index is 1.95. The van der Waals surface area contributed by atoms with Crippen LogP contribution in [-0.2, 0) is 0 Å². The zero-order chi connectivity index (χ0) is 20.3. The summed E-state index contributed by atoms with van der Waals surface area (Å²) < 4.78 is 20.0. The minimum absolute atomic E-state index is 0.00433. The van der Waals surface area contributed by atoms with Crippen molar-refractivity contribution in [2.45, 2.75) is 40.2 Å². The first-order chi connectivity index (χ1) is 13.4. The molecule has 1 aliphatic rings. The maximum atomic E-state index is 13.9. The third-order valence-corrected chi connectivity index (χ3v) is 5.00. The zero-order valence-corrected chi connectivity index (χ0v) is 16.9. The van der Waals surface area contributed by atoms with E-state index in [0.717, 1.165) is 19.5 Å². The van der Waals surface area contributed by atoms with Gasteiger partial charge in [0.05, 0.1) is 11.8 Å². The molecule has 1 aromatic heterocycles. The molecular weight excluding hydrogens is 359 g/mol. The molecule has 7 heteroatoms. The maximum Gasteiger partial charge on any atom is 0.257 e. The molecule has 2 aromatic rings. The summed E-state index contributed by atoms with van der Waals surface area (Å²) in [5.41, 5.74) is 0.195. The molecule has 1 atom stereocenters. The number of anilines is 1. The Morgan fingerprint density at radius 3 is 2.82 bits per heavy atom. The number of aromatic nitrogens is 2. The molecule has 1 aromatic carbocycles. The molecule has 0 radical (unpaired) electrons. The van der Waals surface area contributed by atoms with Crippen LogP contribution in [0.2, 0.25) is 0 Å². The van der Waals surface area contributed by atoms with Crippen molar-refractivity contribution in [3.63, 3.8) is 0 Å². The monoisotopic (exact) mass is 386 g/mol. The van der Waals surface area contributed by atoms with E-state index < -0.39 is 5.82 Å². The molecule has 0 bridgehead atoms. The van der Waals surface area contributed by atoms with E-state index in [1.54, 1.807) is 11.1 Å². The highest BCUT2D eigenvalue weighted by atomic mass is 19.1. The molecule has 1 saturated heterocycles. The minimum Gasteiger partial charge on any atom is -0.451 e. The van der Waals surface area contributed by atoms with E-state index in [2.05, 4.69) is 21.8 Å². The topological polar surface area (TPSA) is 58.6 Å². The maximum absolute atomic E-state index is 13.9. The second kappa shape index (κ2) is 8.54. The van der Waals surface area contributed by atoms with Crippen LogP contribution in [0.1, 0.15) is 44.5 Å². The molecule has 0 saturated carbocycles. The highest BCUT2D eigenvalue weighted by Crippen LogP contribution is 2.34. The van der Waals surface area contributed by atoms with Crippen LogP contribution in [0.3, 0.4) is 0 Å². The second-order valence-electron chi connectivity index (χ2n) is 7.48. The first kappa shape index (κ1) is 20.0. The van der Waals surface area contributed by atoms with E-state index in [-0.39, 0.29) is 17.5 Å². The standard InChI is InChI=1S/C21H27FN4O2/c1-5-26(14(2)3)21(27)17-10-16(22)6-7-18(17)28-19-11-23-13-24-20(19)25-9-8-15(4)12-25/h6-7,10-11,13-15H,5,8-9,12H2,1-4H3. The summed E-state index contributed by atoms with van der Waals surface area (Å²) in [4.78, 5) is 25.3. The summed E-state index contributed by atoms with van der Waals surface area (Å²) in [5, 5.41) is 0. The van der Waals surface area contributed by atoms with Crippen molar-refractivity contribution in [2.75, 3.05) is 24.5 Å². The van der Waals surface area contributed by atoms with Crippen LogP contribution in [-0.4, -0.2) is 46.5 Å². The summed E-state index contributed by atoms with van der Waals surface area (Å²) in [7, 11) is 0. The fraction of sp³-hybridized carbons (Fsp3) is 0.476. The van der Waals surface area contributed by atoms with Gasteiger partial charge in [-0.25, -0.2) is 14.4 Å². The van der Waals surface area contributed by atoms with Crippen LogP contribution in [0.5, 0.6) is 11.5 Å². The van der Waals surface area contributed by atoms with E-state index in [4.69, 9.17) is 4.74 Å². The van der Waals surface area contributed by atoms with Crippen molar-refractivity contribution >= 4 is 11.7 Å². The van der Waals surface area contributed by atoms with Crippen LogP contribution in [0.25, 0.3) is 0 Å². The molecule has 1 amide bonds. The van der Waals surface area contributed by atoms with E-state index in [1.807, 2.05) is 20.8 Å². The van der Waals surface area contributed by atoms with Gasteiger partial charge in [-0.2, -0.15) is 0 Å². The minimum atomic E-state index is -0.478. The van der Waals surface area contributed by atoms with Crippen LogP contribution >= 0.6 is 0 Å². The van der Waals surface area contributed by atoms with E-state index in [0.29, 0.717) is 29.8 Å². The number of nitrogens with zero attached hydrogens (tertiary/aromatic N) is 4. The molecule has 1 unspecified atom stereocenters. The number of halogens is 1. The Hall–Kier alpha value is -2.70. The van der Waals surface area contributed by atoms with E-state index in [1.165, 1.54) is 24.5 Å². The van der Waals surface area contributed by atoms with Crippen molar-refractivity contribution in [1.29, 1.82) is 0 Å². The predicted molar refractivity (Wildman–Crippen MR) is 106 cm³/mol. The van der Waals surface area contributed by atoms with Gasteiger partial charge in [-0.1, -0.05) is 6.92 Å². The normalized spacial score (nSPS) is 16.5. The highest BCUT2D eigenvalue weighted by Gasteiger charge is 2.25. The molecule has 1 fully saturated rings. The summed E-state index contributed by atoms with van der Waals surface area (Å²) in [6, 6.07) is 4.00. The lowest BCUT2D eigenvalue weighted by molar-refractivity contribution is 0.0713. The molecule has 0 aliphatic carbocycles. The lowest BCUT2D eigenvalue weighted by Gasteiger charge is -2.26. The number of carbonyl (C=O) groups excluding carboxylic acids is 1. The van der Waals surface area contributed by atoms with Crippen molar-refractivity contribution in [1.82, 2.24) is 14.9 Å². The van der Waals surface area contributed by atoms with E-state index in [9.17, 15) is 9.18 Å². The average Bonchev–Trinajstić information content (AvgIpc) is 3.10. The first-order valence-corrected chi connectivity index (χ1v) is 9.74. The number of ether oxygens (including phenoxy) is 1. The SMILES string of the molecule is CCN(C(=O)c1cc(F)ccc1Oc1cncnc1N1CCC(C)C1)C(C)C. The second-order valence-corrected chi connectivity index (χ2v) is 7.48. The molecule has 6 nitrogen and oxygen atoms in total. The molecule has 0 spiro atoms. The zero-order valence-electron chi connectivity index (χ0n) is 16.9. The number of hydrogen-bond acceptors (Lipinski definition) is 5. The summed E-state index contributed by atoms with van der Waals surface area (Å²) in [6.45, 7) is 10.3. The number of carbonyl (C=O) groups is 1. The molecule has 2 heterocycles. The van der Waals surface area contributed by atoms with Gasteiger partial charge >= 0.3 is 0 Å². The Kier molecular flexibility index (Phi) is 6.11. The van der Waals surface area contributed by atoms with Gasteiger partial charge in [0, 0.05) is 25.7 Å². The summed E-state index contributed by atoms with van der Waals surface area (Å²) in [5.74, 6) is 1.29. The number of rotatable bonds is 6. The highest BCUT2D eigenvalue weighted by molar-refractivity contribution is 5.97. The van der Waals surface area contributed by atoms with Gasteiger partial charge in [0.1, 0.15) is 17.9 Å². The molecule has 3 rings (SSSR count). The molecule has 0 N–H and O–H groups in total. The first-order valence-electron chi connectivity index (χ1n) is 9.74. The smallest absolute Gasteiger partial charge is 0.257 e. The van der Waals surface area contributed by atoms with Gasteiger partial charge in [-0.15, -0.1) is 0 Å². The lowest BCUT2D eigenvalue weighted by Crippen LogP contribution is -2.36. The van der Waals surface area contributed by atoms with E-state index >= 15 is 0 Å². The van der Waals surface area contributed by atoms with Gasteiger partial charge in [0.2, 0.25) is 0 Å². The van der Waals surface area contributed by atoms with Gasteiger partial charge in [-0.05, 0) is 51.3 Å². The fourth-order valence-corrected chi connectivity index (χ4v) is 3.52. The number of amides is 1. The quantitative estimate of drug-likeness (QED) is 0.747. The fourth-order valence-electron chi connectivity index (χ4n) is 3.52. The molecule has 1 aliphatic heterocycles. The van der Waals surface area contributed by atoms with Gasteiger partial charge < -0.3 is 14.5 Å². The van der Waals surface area contributed by atoms with Crippen LogP contribution in [0.15, 0.2) is 30.7 Å². The van der Waals surface area contributed by atoms with Crippen LogP contribution < -0.4 is 9.64 Å². The van der Waals surface area contributed by atoms with Crippen molar-refractivity contribution < 1.29 is 13.9 Å². The largest absolute Gasteiger partial charge is 0.451 e. The average molecular weight is 386 g/mol. The Morgan fingerprint density at radius 2 is 2.18 bits per heavy atom. The Morgan fingerprint density at radius 1 is 1.39 bits per heavy atom. The number of benzene rings is 1. The van der Waals surface area contributed by atoms with Crippen molar-refractivity contribution in [2.24, 2.45) is 5.92 Å². The van der Waals surface area contributed by atoms with Crippen molar-refractivity contribution in [3.05, 3.63) is 42.1 Å². The summed E-state index contributed by atoms with van der Waals surface area (Å²) in [6.07, 6.45) is 4.16. The number of hydrogen-bond donors (Lipinski definition) is 0. The van der Waals surface area contributed by atoms with Gasteiger partial charge in [-0.3, -0.25) is 4.79 Å². The molecule has 28 heavy (non-hydrogen) atoms. The Bertz CT molecular complexity index is 843. The third-order valence-electron chi connectivity index (χ3n) is 5.00. The third kappa shape index (κ3) is 4.24. The van der Waals surface area contributed by atoms with Crippen LogP contribution in [0.4, 0.5) is 10.2 Å². The molecular formula is C21H27FN4O2. The van der Waals surface area contributed by atoms with Crippen molar-refractivity contribution in [3.8, 4) is 11.5 Å². The predicted octanol–water partition coefficient (Wildman–Crippen LogP) is 4.12. The van der Waals surface area contributed by atoms with Crippen LogP contribution in [0, 0.1) is 11.7 Å². The van der Waals surface area contributed by atoms with Gasteiger partial charge in [0.25, 0.3) is 5.91 Å². The Labute approximate surface area is 165 Å². The van der Waals surface area contributed by atoms with Gasteiger partial charge in [0.15, 0.2) is 11.6 Å².